The van der Waals surface area contributed by atoms with Crippen LogP contribution in [0.15, 0.2) is 41.3 Å². The number of hydrogen-bond donors (Lipinski definition) is 0. The number of carbonyl (C=O) groups excluding carboxylic acids is 3. The third kappa shape index (κ3) is 2.95. The summed E-state index contributed by atoms with van der Waals surface area (Å²) >= 11 is 1.77. The maximum absolute atomic E-state index is 14.4. The van der Waals surface area contributed by atoms with Crippen molar-refractivity contribution < 1.29 is 19.1 Å². The van der Waals surface area contributed by atoms with Gasteiger partial charge in [-0.05, 0) is 97.1 Å². The Bertz CT molecular complexity index is 1290. The number of methoxy groups -OCH3 is 1. The number of benzene rings is 1. The lowest BCUT2D eigenvalue weighted by Gasteiger charge is -2.58. The summed E-state index contributed by atoms with van der Waals surface area (Å²) in [4.78, 5) is 43.3. The second-order valence-corrected chi connectivity index (χ2v) is 12.0. The molecule has 2 saturated carbocycles. The molecular weight excluding hydrogens is 458 g/mol. The van der Waals surface area contributed by atoms with Crippen LogP contribution in [0.5, 0.6) is 0 Å². The molecule has 1 aliphatic heterocycles. The highest BCUT2D eigenvalue weighted by Gasteiger charge is 2.66. The largest absolute Gasteiger partial charge is 0.465 e. The summed E-state index contributed by atoms with van der Waals surface area (Å²) in [5, 5.41) is 2.13. The van der Waals surface area contributed by atoms with E-state index in [-0.39, 0.29) is 17.2 Å². The topological polar surface area (TPSA) is 63.7 Å². The van der Waals surface area contributed by atoms with Gasteiger partial charge in [0.05, 0.1) is 24.3 Å². The zero-order valence-electron chi connectivity index (χ0n) is 20.7. The van der Waals surface area contributed by atoms with Gasteiger partial charge in [-0.1, -0.05) is 19.9 Å². The maximum Gasteiger partial charge on any atom is 0.337 e. The summed E-state index contributed by atoms with van der Waals surface area (Å²) in [5.74, 6) is 0.661. The van der Waals surface area contributed by atoms with Gasteiger partial charge in [0.25, 0.3) is 5.91 Å². The van der Waals surface area contributed by atoms with E-state index in [4.69, 9.17) is 4.74 Å². The smallest absolute Gasteiger partial charge is 0.337 e. The first-order chi connectivity index (χ1) is 16.8. The van der Waals surface area contributed by atoms with Gasteiger partial charge in [0, 0.05) is 15.9 Å². The number of allylic oxidation sites excluding steroid dienone is 1. The van der Waals surface area contributed by atoms with Crippen LogP contribution < -0.4 is 4.90 Å². The van der Waals surface area contributed by atoms with Gasteiger partial charge in [-0.3, -0.25) is 9.59 Å². The van der Waals surface area contributed by atoms with Gasteiger partial charge in [0.15, 0.2) is 0 Å². The summed E-state index contributed by atoms with van der Waals surface area (Å²) < 4.78 is 4.88. The van der Waals surface area contributed by atoms with Crippen LogP contribution in [0.2, 0.25) is 0 Å². The Hall–Kier alpha value is -2.73. The molecule has 0 N–H and O–H groups in total. The van der Waals surface area contributed by atoms with Crippen molar-refractivity contribution in [3.05, 3.63) is 57.3 Å². The Labute approximate surface area is 210 Å². The van der Waals surface area contributed by atoms with Gasteiger partial charge in [0.1, 0.15) is 0 Å². The van der Waals surface area contributed by atoms with Crippen LogP contribution in [0, 0.1) is 29.6 Å². The second-order valence-electron chi connectivity index (χ2n) is 11.1. The molecule has 1 aromatic carbocycles. The zero-order valence-corrected chi connectivity index (χ0v) is 21.5. The Kier molecular flexibility index (Phi) is 5.12. The number of carbonyl (C=O) groups is 3. The average molecular weight is 490 g/mol. The summed E-state index contributed by atoms with van der Waals surface area (Å²) in [5.41, 5.74) is 3.15. The van der Waals surface area contributed by atoms with Gasteiger partial charge in [0.2, 0.25) is 5.91 Å². The fourth-order valence-electron chi connectivity index (χ4n) is 8.12. The molecule has 2 amide bonds. The van der Waals surface area contributed by atoms with Crippen LogP contribution in [0.4, 0.5) is 5.69 Å². The Morgan fingerprint density at radius 2 is 1.91 bits per heavy atom. The molecule has 4 aliphatic rings. The normalized spacial score (nSPS) is 33.7. The van der Waals surface area contributed by atoms with Crippen LogP contribution in [0.25, 0.3) is 5.57 Å². The van der Waals surface area contributed by atoms with E-state index in [1.54, 1.807) is 35.6 Å². The highest BCUT2D eigenvalue weighted by atomic mass is 32.1. The van der Waals surface area contributed by atoms with Gasteiger partial charge in [-0.15, -0.1) is 11.3 Å². The van der Waals surface area contributed by atoms with Crippen LogP contribution in [0.3, 0.4) is 0 Å². The molecule has 182 valence electrons. The molecule has 2 bridgehead atoms. The maximum atomic E-state index is 14.4. The van der Waals surface area contributed by atoms with E-state index < -0.39 is 11.9 Å². The number of nitrogens with zero attached hydrogens (tertiary/aromatic N) is 1. The van der Waals surface area contributed by atoms with Gasteiger partial charge in [-0.25, -0.2) is 9.69 Å². The lowest BCUT2D eigenvalue weighted by atomic mass is 9.45. The van der Waals surface area contributed by atoms with E-state index in [1.807, 2.05) is 6.92 Å². The molecule has 3 aliphatic carbocycles. The first kappa shape index (κ1) is 22.7. The van der Waals surface area contributed by atoms with Crippen molar-refractivity contribution >= 4 is 40.4 Å². The predicted molar refractivity (Wildman–Crippen MR) is 136 cm³/mol. The Morgan fingerprint density at radius 3 is 2.69 bits per heavy atom. The summed E-state index contributed by atoms with van der Waals surface area (Å²) in [6, 6.07) is 8.82. The molecule has 2 heterocycles. The fourth-order valence-corrected chi connectivity index (χ4v) is 9.50. The number of rotatable bonds is 2. The molecule has 3 fully saturated rings. The monoisotopic (exact) mass is 489 g/mol. The van der Waals surface area contributed by atoms with Crippen LogP contribution in [-0.4, -0.2) is 24.9 Å². The molecule has 6 rings (SSSR count). The van der Waals surface area contributed by atoms with Crippen molar-refractivity contribution in [1.82, 2.24) is 0 Å². The lowest BCUT2D eigenvalue weighted by molar-refractivity contribution is -0.126. The van der Waals surface area contributed by atoms with Crippen molar-refractivity contribution in [3.8, 4) is 0 Å². The summed E-state index contributed by atoms with van der Waals surface area (Å²) in [6.45, 7) is 6.66. The van der Waals surface area contributed by atoms with Gasteiger partial charge in [-0.2, -0.15) is 0 Å². The van der Waals surface area contributed by atoms with E-state index in [0.717, 1.165) is 30.4 Å². The minimum atomic E-state index is -0.486. The number of fused-ring (bicyclic) bond motifs is 7. The molecule has 6 unspecified atom stereocenters. The lowest BCUT2D eigenvalue weighted by Crippen LogP contribution is -2.57. The Morgan fingerprint density at radius 1 is 1.11 bits per heavy atom. The highest BCUT2D eigenvalue weighted by molar-refractivity contribution is 7.10. The molecule has 6 heteroatoms. The van der Waals surface area contributed by atoms with Crippen LogP contribution in [0.1, 0.15) is 67.3 Å². The number of amides is 2. The quantitative estimate of drug-likeness (QED) is 0.393. The molecule has 35 heavy (non-hydrogen) atoms. The molecule has 0 radical (unpaired) electrons. The molecule has 2 aromatic rings. The third-order valence-electron chi connectivity index (χ3n) is 9.28. The SMILES string of the molecule is COC(=O)c1cccc(N2C(=O)C3=C(C)c4ccsc4C4(C(C)CC5CC(C)CC4C5)C3C2=O)c1. The van der Waals surface area contributed by atoms with E-state index in [2.05, 4.69) is 25.3 Å². The van der Waals surface area contributed by atoms with Crippen molar-refractivity contribution in [2.45, 2.75) is 51.9 Å². The van der Waals surface area contributed by atoms with Crippen molar-refractivity contribution in [1.29, 1.82) is 0 Å². The van der Waals surface area contributed by atoms with E-state index in [0.29, 0.717) is 40.5 Å². The molecule has 1 aromatic heterocycles. The van der Waals surface area contributed by atoms with Crippen molar-refractivity contribution in [3.63, 3.8) is 0 Å². The van der Waals surface area contributed by atoms with Crippen molar-refractivity contribution in [2.24, 2.45) is 29.6 Å². The number of hydrogen-bond acceptors (Lipinski definition) is 5. The standard InChI is InChI=1S/C29H31NO4S/c1-15-10-18-12-16(2)29(20(11-15)13-18)24-23(17(3)22-8-9-35-25(22)29)26(31)30(27(24)32)21-7-5-6-19(14-21)28(33)34-4/h5-9,14-16,18,20,24H,10-13H2,1-4H3. The molecule has 1 saturated heterocycles. The summed E-state index contributed by atoms with van der Waals surface area (Å²) in [7, 11) is 1.33. The first-order valence-corrected chi connectivity index (χ1v) is 13.5. The Balaban J connectivity index is 1.55. The van der Waals surface area contributed by atoms with Crippen LogP contribution >= 0.6 is 11.3 Å². The molecular formula is C29H31NO4S. The molecule has 6 atom stereocenters. The van der Waals surface area contributed by atoms with E-state index in [9.17, 15) is 14.4 Å². The highest BCUT2D eigenvalue weighted by Crippen LogP contribution is 2.66. The number of imide groups is 1. The fraction of sp³-hybridized carbons (Fsp3) is 0.483. The van der Waals surface area contributed by atoms with E-state index in [1.165, 1.54) is 23.3 Å². The van der Waals surface area contributed by atoms with Crippen LogP contribution in [-0.2, 0) is 19.7 Å². The number of anilines is 1. The third-order valence-corrected chi connectivity index (χ3v) is 10.4. The summed E-state index contributed by atoms with van der Waals surface area (Å²) in [6.07, 6.45) is 4.59. The predicted octanol–water partition coefficient (Wildman–Crippen LogP) is 5.84. The van der Waals surface area contributed by atoms with Gasteiger partial charge < -0.3 is 4.74 Å². The molecule has 5 nitrogen and oxygen atoms in total. The minimum absolute atomic E-state index is 0.144. The van der Waals surface area contributed by atoms with E-state index >= 15 is 0 Å². The number of thiophene rings is 1. The zero-order chi connectivity index (χ0) is 24.6. The van der Waals surface area contributed by atoms with Crippen molar-refractivity contribution in [2.75, 3.05) is 12.0 Å². The number of ether oxygens (including phenoxy) is 1. The number of esters is 1. The van der Waals surface area contributed by atoms with Gasteiger partial charge >= 0.3 is 5.97 Å². The average Bonchev–Trinajstić information content (AvgIpc) is 3.42. The molecule has 1 spiro atoms. The second kappa shape index (κ2) is 7.89. The minimum Gasteiger partial charge on any atom is -0.465 e. The first-order valence-electron chi connectivity index (χ1n) is 12.6.